The van der Waals surface area contributed by atoms with Crippen LogP contribution in [0.5, 0.6) is 11.5 Å². The lowest BCUT2D eigenvalue weighted by Gasteiger charge is -2.10. The van der Waals surface area contributed by atoms with E-state index < -0.39 is 15.8 Å². The second kappa shape index (κ2) is 9.24. The molecule has 0 aliphatic heterocycles. The summed E-state index contributed by atoms with van der Waals surface area (Å²) in [7, 11) is -0.298. The third kappa shape index (κ3) is 5.49. The summed E-state index contributed by atoms with van der Waals surface area (Å²) in [5.41, 5.74) is 0.726. The molecule has 140 valence electrons. The van der Waals surface area contributed by atoms with Gasteiger partial charge in [0.05, 0.1) is 37.9 Å². The lowest BCUT2D eigenvalue weighted by Crippen LogP contribution is -2.13. The first kappa shape index (κ1) is 19.8. The number of hydrogen-bond donors (Lipinski definition) is 0. The van der Waals surface area contributed by atoms with E-state index >= 15 is 0 Å². The zero-order chi connectivity index (χ0) is 19.0. The Kier molecular flexibility index (Phi) is 7.03. The number of benzene rings is 2. The Bertz CT molecular complexity index is 830. The quantitative estimate of drug-likeness (QED) is 0.493. The molecule has 26 heavy (non-hydrogen) atoms. The minimum Gasteiger partial charge on any atom is -0.493 e. The Hall–Kier alpha value is -2.54. The monoisotopic (exact) mass is 378 g/mol. The van der Waals surface area contributed by atoms with Gasteiger partial charge < -0.3 is 14.2 Å². The fourth-order valence-electron chi connectivity index (χ4n) is 2.39. The molecule has 0 saturated heterocycles. The Morgan fingerprint density at radius 3 is 2.31 bits per heavy atom. The van der Waals surface area contributed by atoms with Gasteiger partial charge in [-0.3, -0.25) is 4.79 Å². The van der Waals surface area contributed by atoms with Crippen molar-refractivity contribution in [1.29, 1.82) is 0 Å². The fourth-order valence-corrected chi connectivity index (χ4v) is 3.69. The third-order valence-corrected chi connectivity index (χ3v) is 5.54. The molecule has 0 radical (unpaired) electrons. The lowest BCUT2D eigenvalue weighted by molar-refractivity contribution is -0.142. The van der Waals surface area contributed by atoms with Gasteiger partial charge in [0.25, 0.3) is 0 Å². The summed E-state index contributed by atoms with van der Waals surface area (Å²) in [6, 6.07) is 13.4. The van der Waals surface area contributed by atoms with E-state index in [1.54, 1.807) is 48.5 Å². The van der Waals surface area contributed by atoms with Crippen LogP contribution in [0, 0.1) is 0 Å². The van der Waals surface area contributed by atoms with Crippen LogP contribution in [0.4, 0.5) is 0 Å². The maximum absolute atomic E-state index is 12.1. The van der Waals surface area contributed by atoms with Crippen molar-refractivity contribution in [1.82, 2.24) is 0 Å². The van der Waals surface area contributed by atoms with E-state index in [0.29, 0.717) is 11.5 Å². The first-order valence-corrected chi connectivity index (χ1v) is 9.76. The molecular weight excluding hydrogens is 356 g/mol. The average molecular weight is 378 g/mol. The molecule has 0 aliphatic carbocycles. The number of ether oxygens (including phenoxy) is 3. The normalized spacial score (nSPS) is 11.0. The van der Waals surface area contributed by atoms with Gasteiger partial charge >= 0.3 is 5.97 Å². The highest BCUT2D eigenvalue weighted by molar-refractivity contribution is 7.91. The zero-order valence-corrected chi connectivity index (χ0v) is 15.6. The summed E-state index contributed by atoms with van der Waals surface area (Å²) in [6.07, 6.45) is 0.320. The molecule has 0 saturated carbocycles. The smallest absolute Gasteiger partial charge is 0.310 e. The SMILES string of the molecule is COc1ccc(CC(=O)OCCCS(=O)(=O)c2ccccc2)cc1OC. The minimum absolute atomic E-state index is 0.0538. The molecule has 0 bridgehead atoms. The molecule has 0 aromatic heterocycles. The standard InChI is InChI=1S/C19H22O6S/c1-23-17-10-9-15(13-18(17)24-2)14-19(20)25-11-6-12-26(21,22)16-7-4-3-5-8-16/h3-5,7-10,13H,6,11-12,14H2,1-2H3. The zero-order valence-electron chi connectivity index (χ0n) is 14.8. The fraction of sp³-hybridized carbons (Fsp3) is 0.316. The highest BCUT2D eigenvalue weighted by Gasteiger charge is 2.14. The molecule has 0 heterocycles. The summed E-state index contributed by atoms with van der Waals surface area (Å²) >= 11 is 0. The van der Waals surface area contributed by atoms with Crippen LogP contribution in [0.15, 0.2) is 53.4 Å². The van der Waals surface area contributed by atoms with Crippen molar-refractivity contribution in [3.63, 3.8) is 0 Å². The molecule has 0 aliphatic rings. The summed E-state index contributed by atoms with van der Waals surface area (Å²) < 4.78 is 39.7. The topological polar surface area (TPSA) is 78.9 Å². The van der Waals surface area contributed by atoms with E-state index in [4.69, 9.17) is 14.2 Å². The van der Waals surface area contributed by atoms with Crippen LogP contribution < -0.4 is 9.47 Å². The van der Waals surface area contributed by atoms with Crippen LogP contribution in [-0.4, -0.2) is 41.0 Å². The van der Waals surface area contributed by atoms with E-state index in [9.17, 15) is 13.2 Å². The van der Waals surface area contributed by atoms with Crippen molar-refractivity contribution in [3.8, 4) is 11.5 Å². The lowest BCUT2D eigenvalue weighted by atomic mass is 10.1. The Balaban J connectivity index is 1.81. The molecule has 0 unspecified atom stereocenters. The molecule has 2 rings (SSSR count). The average Bonchev–Trinajstić information content (AvgIpc) is 2.66. The number of methoxy groups -OCH3 is 2. The van der Waals surface area contributed by atoms with E-state index in [0.717, 1.165) is 5.56 Å². The number of esters is 1. The van der Waals surface area contributed by atoms with Gasteiger partial charge in [-0.15, -0.1) is 0 Å². The molecule has 0 spiro atoms. The second-order valence-electron chi connectivity index (χ2n) is 5.57. The maximum atomic E-state index is 12.1. The van der Waals surface area contributed by atoms with Crippen molar-refractivity contribution >= 4 is 15.8 Å². The summed E-state index contributed by atoms with van der Waals surface area (Å²) in [5.74, 6) is 0.623. The van der Waals surface area contributed by atoms with Crippen LogP contribution in [0.2, 0.25) is 0 Å². The van der Waals surface area contributed by atoms with Crippen molar-refractivity contribution < 1.29 is 27.4 Å². The van der Waals surface area contributed by atoms with Gasteiger partial charge in [0, 0.05) is 0 Å². The Morgan fingerprint density at radius 1 is 0.962 bits per heavy atom. The first-order valence-electron chi connectivity index (χ1n) is 8.10. The molecule has 2 aromatic rings. The predicted molar refractivity (Wildman–Crippen MR) is 97.3 cm³/mol. The van der Waals surface area contributed by atoms with Gasteiger partial charge in [-0.05, 0) is 36.2 Å². The van der Waals surface area contributed by atoms with E-state index in [2.05, 4.69) is 0 Å². The Labute approximate surface area is 153 Å². The highest BCUT2D eigenvalue weighted by Crippen LogP contribution is 2.27. The largest absolute Gasteiger partial charge is 0.493 e. The van der Waals surface area contributed by atoms with Crippen molar-refractivity contribution in [2.45, 2.75) is 17.7 Å². The molecule has 2 aromatic carbocycles. The molecule has 7 heteroatoms. The molecule has 0 atom stereocenters. The van der Waals surface area contributed by atoms with E-state index in [1.807, 2.05) is 0 Å². The highest BCUT2D eigenvalue weighted by atomic mass is 32.2. The van der Waals surface area contributed by atoms with Crippen LogP contribution >= 0.6 is 0 Å². The number of rotatable bonds is 9. The van der Waals surface area contributed by atoms with Gasteiger partial charge in [-0.2, -0.15) is 0 Å². The number of carbonyl (C=O) groups is 1. The number of hydrogen-bond acceptors (Lipinski definition) is 6. The molecule has 0 N–H and O–H groups in total. The number of carbonyl (C=O) groups excluding carboxylic acids is 1. The number of sulfone groups is 1. The van der Waals surface area contributed by atoms with Gasteiger partial charge in [0.2, 0.25) is 0 Å². The van der Waals surface area contributed by atoms with Crippen LogP contribution in [0.25, 0.3) is 0 Å². The maximum Gasteiger partial charge on any atom is 0.310 e. The second-order valence-corrected chi connectivity index (χ2v) is 7.68. The molecule has 6 nitrogen and oxygen atoms in total. The summed E-state index contributed by atoms with van der Waals surface area (Å²) in [4.78, 5) is 12.2. The summed E-state index contributed by atoms with van der Waals surface area (Å²) in [6.45, 7) is 0.0538. The van der Waals surface area contributed by atoms with Crippen LogP contribution in [0.1, 0.15) is 12.0 Å². The van der Waals surface area contributed by atoms with Gasteiger partial charge in [-0.1, -0.05) is 24.3 Å². The van der Waals surface area contributed by atoms with E-state index in [1.165, 1.54) is 14.2 Å². The molecular formula is C19H22O6S. The van der Waals surface area contributed by atoms with Crippen LogP contribution in [0.3, 0.4) is 0 Å². The van der Waals surface area contributed by atoms with Crippen LogP contribution in [-0.2, 0) is 25.8 Å². The van der Waals surface area contributed by atoms with Gasteiger partial charge in [0.15, 0.2) is 21.3 Å². The van der Waals surface area contributed by atoms with Gasteiger partial charge in [-0.25, -0.2) is 8.42 Å². The van der Waals surface area contributed by atoms with E-state index in [-0.39, 0.29) is 30.1 Å². The van der Waals surface area contributed by atoms with Crippen molar-refractivity contribution in [2.24, 2.45) is 0 Å². The first-order chi connectivity index (χ1) is 12.5. The minimum atomic E-state index is -3.36. The van der Waals surface area contributed by atoms with Gasteiger partial charge in [0.1, 0.15) is 0 Å². The van der Waals surface area contributed by atoms with Crippen molar-refractivity contribution in [2.75, 3.05) is 26.6 Å². The Morgan fingerprint density at radius 2 is 1.65 bits per heavy atom. The third-order valence-electron chi connectivity index (χ3n) is 3.72. The molecule has 0 fully saturated rings. The predicted octanol–water partition coefficient (Wildman–Crippen LogP) is 2.65. The molecule has 0 amide bonds. The van der Waals surface area contributed by atoms with Crippen molar-refractivity contribution in [3.05, 3.63) is 54.1 Å². The summed E-state index contributed by atoms with van der Waals surface area (Å²) in [5, 5.41) is 0.